The van der Waals surface area contributed by atoms with Crippen molar-refractivity contribution >= 4 is 70.3 Å². The van der Waals surface area contributed by atoms with Crippen LogP contribution in [0.5, 0.6) is 0 Å². The molecule has 18 heteroatoms. The molecule has 0 saturated carbocycles. The fourth-order valence-electron chi connectivity index (χ4n) is 7.01. The van der Waals surface area contributed by atoms with Crippen LogP contribution in [0.3, 0.4) is 0 Å². The number of anilines is 3. The molecule has 0 atom stereocenters. The predicted octanol–water partition coefficient (Wildman–Crippen LogP) is 2.87. The van der Waals surface area contributed by atoms with Crippen LogP contribution in [0.4, 0.5) is 17.2 Å². The van der Waals surface area contributed by atoms with Crippen molar-refractivity contribution in [2.45, 2.75) is 50.9 Å². The molecule has 0 radical (unpaired) electrons. The van der Waals surface area contributed by atoms with Gasteiger partial charge in [0.1, 0.15) is 11.0 Å². The maximum atomic E-state index is 12.8. The molecular weight excluding hydrogens is 965 g/mol. The van der Waals surface area contributed by atoms with Gasteiger partial charge in [0.05, 0.1) is 11.1 Å². The number of likely N-dealkylation sites (tertiary alicyclic amines) is 2. The number of nitrogens with two attached hydrogens (primary N) is 1. The van der Waals surface area contributed by atoms with E-state index in [2.05, 4.69) is 95.2 Å². The first-order valence-corrected chi connectivity index (χ1v) is 22.2. The molecule has 342 valence electrons. The molecule has 4 heterocycles. The van der Waals surface area contributed by atoms with Gasteiger partial charge in [-0.15, -0.1) is 0 Å². The molecule has 2 amide bonds. The third-order valence-electron chi connectivity index (χ3n) is 10.3. The average Bonchev–Trinajstić information content (AvgIpc) is 3.32. The maximum Gasteiger partial charge on any atom is 1.00 e. The van der Waals surface area contributed by atoms with Crippen molar-refractivity contribution in [1.29, 1.82) is 0 Å². The molecule has 2 fully saturated rings. The van der Waals surface area contributed by atoms with Crippen LogP contribution in [0.1, 0.15) is 59.0 Å². The summed E-state index contributed by atoms with van der Waals surface area (Å²) in [5, 5.41) is 18.8. The first-order chi connectivity index (χ1) is 31.6. The van der Waals surface area contributed by atoms with Gasteiger partial charge >= 0.3 is 103 Å². The van der Waals surface area contributed by atoms with Gasteiger partial charge in [-0.05, 0) is 111 Å². The van der Waals surface area contributed by atoms with Crippen molar-refractivity contribution in [1.82, 2.24) is 19.8 Å². The van der Waals surface area contributed by atoms with Crippen LogP contribution in [-0.4, -0.2) is 76.3 Å². The number of nitrogens with one attached hydrogen (secondary N) is 3. The number of hydrogen-bond donors (Lipinski definition) is 4. The monoisotopic (exact) mass is 1020 g/mol. The summed E-state index contributed by atoms with van der Waals surface area (Å²) >= 11 is 17.7. The number of rotatable bonds is 11. The summed E-state index contributed by atoms with van der Waals surface area (Å²) < 4.78 is 0. The normalized spacial score (nSPS) is 13.7. The number of aromatic nitrogens is 2. The number of pyridine rings is 2. The van der Waals surface area contributed by atoms with Gasteiger partial charge in [-0.1, -0.05) is 108 Å². The summed E-state index contributed by atoms with van der Waals surface area (Å²) in [6.07, 6.45) is 7.55. The molecule has 2 aliphatic rings. The SMILES string of the molecule is NC1CCN(Cc2ccccc2)CC1.O=C(Nc1cccc(Cl)c1)c1cccnc1Cl.O=C(Nc1cccc(Cl)c1)c1cccnc1NC1CCN(Cc2ccccc2)CC1.O=CO[O-].[H-].[K+].[K+]. The van der Waals surface area contributed by atoms with Crippen LogP contribution in [0, 0.1) is 0 Å². The number of carbonyl (C=O) groups excluding carboxylic acids is 3. The average molecular weight is 1020 g/mol. The molecule has 2 saturated heterocycles. The molecule has 4 aromatic carbocycles. The third kappa shape index (κ3) is 21.9. The largest absolute Gasteiger partial charge is 1.00 e. The minimum absolute atomic E-state index is 0. The topological polar surface area (TPSA) is 178 Å². The number of carbonyl (C=O) groups is 3. The molecule has 0 bridgehead atoms. The van der Waals surface area contributed by atoms with E-state index in [0.29, 0.717) is 50.4 Å². The Morgan fingerprint density at radius 2 is 1.10 bits per heavy atom. The van der Waals surface area contributed by atoms with Gasteiger partial charge in [0.15, 0.2) is 0 Å². The van der Waals surface area contributed by atoms with Crippen molar-refractivity contribution in [3.05, 3.63) is 183 Å². The van der Waals surface area contributed by atoms with E-state index in [-0.39, 0.29) is 128 Å². The van der Waals surface area contributed by atoms with Crippen molar-refractivity contribution in [3.63, 3.8) is 0 Å². The first-order valence-electron chi connectivity index (χ1n) is 21.1. The molecule has 0 aliphatic carbocycles. The van der Waals surface area contributed by atoms with Gasteiger partial charge in [-0.3, -0.25) is 24.2 Å². The number of halogens is 3. The van der Waals surface area contributed by atoms with E-state index in [4.69, 9.17) is 50.6 Å². The van der Waals surface area contributed by atoms with Crippen LogP contribution in [0.25, 0.3) is 0 Å². The summed E-state index contributed by atoms with van der Waals surface area (Å²) in [5.41, 5.74) is 10.7. The van der Waals surface area contributed by atoms with Gasteiger partial charge in [0.2, 0.25) is 0 Å². The molecule has 67 heavy (non-hydrogen) atoms. The predicted molar refractivity (Wildman–Crippen MR) is 258 cm³/mol. The Morgan fingerprint density at radius 1 is 0.657 bits per heavy atom. The van der Waals surface area contributed by atoms with Crippen LogP contribution in [-0.2, 0) is 22.8 Å². The van der Waals surface area contributed by atoms with Crippen LogP contribution >= 0.6 is 34.8 Å². The third-order valence-corrected chi connectivity index (χ3v) is 11.1. The van der Waals surface area contributed by atoms with Crippen molar-refractivity contribution in [2.75, 3.05) is 42.1 Å². The van der Waals surface area contributed by atoms with E-state index in [9.17, 15) is 9.59 Å². The van der Waals surface area contributed by atoms with Gasteiger partial charge < -0.3 is 33.3 Å². The standard InChI is InChI=1S/C24H25ClN4O.C12H8Cl2N2O.C12H18N2.CH2O3.2K.H/c25-19-8-4-9-21(16-19)28-24(30)22-10-5-13-26-23(22)27-20-11-14-29(15-12-20)17-18-6-2-1-3-7-18;13-8-3-1-4-9(7-8)16-12(17)10-5-2-6-15-11(10)14;13-12-6-8-14(9-7-12)10-11-4-2-1-3-5-11;2-1-4-3;;;/h1-10,13,16,20H,11-12,14-15,17H2,(H,26,27)(H,28,30);1-7H,(H,16,17);1-5,12H,6-10,13H2;1,3H;;;/q;;;;2*+1;-1/p-1. The number of hydrogen-bond acceptors (Lipinski definition) is 11. The molecular formula is C49H53Cl3K2N8O5. The minimum Gasteiger partial charge on any atom is -1.00 e. The summed E-state index contributed by atoms with van der Waals surface area (Å²) in [6, 6.07) is 42.8. The van der Waals surface area contributed by atoms with Gasteiger partial charge in [-0.25, -0.2) is 9.97 Å². The molecule has 13 nitrogen and oxygen atoms in total. The maximum absolute atomic E-state index is 12.8. The van der Waals surface area contributed by atoms with E-state index in [1.807, 2.05) is 18.2 Å². The van der Waals surface area contributed by atoms with E-state index in [1.54, 1.807) is 66.9 Å². The van der Waals surface area contributed by atoms with Gasteiger partial charge in [-0.2, -0.15) is 0 Å². The van der Waals surface area contributed by atoms with E-state index < -0.39 is 0 Å². The molecule has 2 aliphatic heterocycles. The van der Waals surface area contributed by atoms with Crippen molar-refractivity contribution in [3.8, 4) is 0 Å². The number of piperidine rings is 2. The summed E-state index contributed by atoms with van der Waals surface area (Å²) in [4.78, 5) is 49.1. The first kappa shape index (κ1) is 58.7. The second kappa shape index (κ2) is 33.0. The van der Waals surface area contributed by atoms with Crippen molar-refractivity contribution in [2.24, 2.45) is 5.73 Å². The Bertz CT molecular complexity index is 2390. The Labute approximate surface area is 494 Å². The quantitative estimate of drug-likeness (QED) is 0.0494. The minimum atomic E-state index is -0.314. The second-order valence-electron chi connectivity index (χ2n) is 15.1. The molecule has 8 rings (SSSR count). The number of benzene rings is 4. The Kier molecular flexibility index (Phi) is 28.9. The number of amides is 2. The Hall–Kier alpha value is -2.63. The summed E-state index contributed by atoms with van der Waals surface area (Å²) in [7, 11) is 0. The molecule has 2 aromatic heterocycles. The molecule has 5 N–H and O–H groups in total. The van der Waals surface area contributed by atoms with Gasteiger partial charge in [0.25, 0.3) is 18.3 Å². The van der Waals surface area contributed by atoms with E-state index in [1.165, 1.54) is 17.3 Å². The zero-order valence-electron chi connectivity index (χ0n) is 38.7. The molecule has 0 spiro atoms. The van der Waals surface area contributed by atoms with Crippen molar-refractivity contribution < 1.29 is 129 Å². The zero-order valence-corrected chi connectivity index (χ0v) is 46.2. The Morgan fingerprint density at radius 3 is 1.57 bits per heavy atom. The summed E-state index contributed by atoms with van der Waals surface area (Å²) in [6.45, 7) is 6.21. The summed E-state index contributed by atoms with van der Waals surface area (Å²) in [5.74, 6) is 0.110. The van der Waals surface area contributed by atoms with E-state index in [0.717, 1.165) is 65.0 Å². The second-order valence-corrected chi connectivity index (χ2v) is 16.4. The molecule has 0 unspecified atom stereocenters. The fourth-order valence-corrected chi connectivity index (χ4v) is 7.60. The Balaban J connectivity index is 0.000000356. The zero-order chi connectivity index (χ0) is 46.2. The van der Waals surface area contributed by atoms with Crippen LogP contribution in [0.15, 0.2) is 146 Å². The van der Waals surface area contributed by atoms with E-state index >= 15 is 0 Å². The van der Waals surface area contributed by atoms with Crippen LogP contribution in [0.2, 0.25) is 15.2 Å². The molecule has 6 aromatic rings. The number of nitrogens with zero attached hydrogens (tertiary/aromatic N) is 4. The smallest absolute Gasteiger partial charge is 1.00 e. The van der Waals surface area contributed by atoms with Crippen LogP contribution < -0.4 is 130 Å². The van der Waals surface area contributed by atoms with Gasteiger partial charge in [0, 0.05) is 72.1 Å². The fraction of sp³-hybridized carbons (Fsp3) is 0.245.